The van der Waals surface area contributed by atoms with Crippen LogP contribution in [0.4, 0.5) is 0 Å². The summed E-state index contributed by atoms with van der Waals surface area (Å²) in [6.07, 6.45) is 1.28. The minimum atomic E-state index is -0.299. The number of carbonyl (C=O) groups is 1. The number of ether oxygens (including phenoxy) is 1. The molecule has 0 fully saturated rings. The van der Waals surface area contributed by atoms with Crippen LogP contribution in [0, 0.1) is 0 Å². The van der Waals surface area contributed by atoms with Crippen molar-refractivity contribution in [2.75, 3.05) is 6.61 Å². The molecule has 0 aliphatic carbocycles. The zero-order chi connectivity index (χ0) is 18.8. The molecule has 0 spiro atoms. The van der Waals surface area contributed by atoms with E-state index in [9.17, 15) is 4.79 Å². The first-order valence-electron chi connectivity index (χ1n) is 9.41. The molecule has 1 aliphatic heterocycles. The number of rotatable bonds is 5. The van der Waals surface area contributed by atoms with Crippen molar-refractivity contribution < 1.29 is 9.53 Å². The summed E-state index contributed by atoms with van der Waals surface area (Å²) in [6.45, 7) is 10.2. The van der Waals surface area contributed by atoms with Crippen molar-refractivity contribution in [1.82, 2.24) is 0 Å². The lowest BCUT2D eigenvalue weighted by Gasteiger charge is -2.22. The van der Waals surface area contributed by atoms with Crippen molar-refractivity contribution in [3.8, 4) is 11.1 Å². The Morgan fingerprint density at radius 2 is 1.65 bits per heavy atom. The minimum absolute atomic E-state index is 0.293. The Morgan fingerprint density at radius 3 is 2.23 bits per heavy atom. The molecular weight excluding hydrogens is 344 g/mol. The van der Waals surface area contributed by atoms with Gasteiger partial charge in [-0.2, -0.15) is 0 Å². The second-order valence-corrected chi connectivity index (χ2v) is 8.18. The highest BCUT2D eigenvalue weighted by Crippen LogP contribution is 2.35. The van der Waals surface area contributed by atoms with Crippen molar-refractivity contribution >= 4 is 16.8 Å². The van der Waals surface area contributed by atoms with Gasteiger partial charge in [0.05, 0.1) is 13.2 Å². The van der Waals surface area contributed by atoms with Gasteiger partial charge in [-0.15, -0.1) is 0 Å². The molecule has 0 unspecified atom stereocenters. The molecule has 2 nitrogen and oxygen atoms in total. The standard InChI is InChI=1S/C23H27ClO2/c1-14(2)20-10-18(11-21(15(3)4)22(20)12-23(24)25)17-6-5-16-7-8-26-13-19(16)9-17/h5-6,9-11,14-15H,7-8,12-13H2,1-4H3. The number of hydrogen-bond acceptors (Lipinski definition) is 2. The summed E-state index contributed by atoms with van der Waals surface area (Å²) in [5.41, 5.74) is 8.62. The summed E-state index contributed by atoms with van der Waals surface area (Å²) in [6, 6.07) is 11.2. The summed E-state index contributed by atoms with van der Waals surface area (Å²) in [4.78, 5) is 11.6. The minimum Gasteiger partial charge on any atom is -0.376 e. The van der Waals surface area contributed by atoms with Crippen LogP contribution in [0.2, 0.25) is 0 Å². The van der Waals surface area contributed by atoms with Gasteiger partial charge in [-0.3, -0.25) is 4.79 Å². The van der Waals surface area contributed by atoms with Crippen LogP contribution >= 0.6 is 11.6 Å². The van der Waals surface area contributed by atoms with E-state index < -0.39 is 0 Å². The predicted octanol–water partition coefficient (Wildman–Crippen LogP) is 5.98. The molecule has 0 aromatic heterocycles. The fourth-order valence-electron chi connectivity index (χ4n) is 3.81. The highest BCUT2D eigenvalue weighted by atomic mass is 35.5. The van der Waals surface area contributed by atoms with Gasteiger partial charge < -0.3 is 4.74 Å². The zero-order valence-corrected chi connectivity index (χ0v) is 16.8. The molecule has 0 amide bonds. The normalized spacial score (nSPS) is 14.0. The van der Waals surface area contributed by atoms with Crippen LogP contribution in [-0.4, -0.2) is 11.8 Å². The third kappa shape index (κ3) is 4.02. The zero-order valence-electron chi connectivity index (χ0n) is 16.1. The van der Waals surface area contributed by atoms with Crippen LogP contribution in [0.3, 0.4) is 0 Å². The quantitative estimate of drug-likeness (QED) is 0.605. The maximum atomic E-state index is 11.6. The van der Waals surface area contributed by atoms with Crippen molar-refractivity contribution in [3.63, 3.8) is 0 Å². The topological polar surface area (TPSA) is 26.3 Å². The summed E-state index contributed by atoms with van der Waals surface area (Å²) in [7, 11) is 0. The number of hydrogen-bond donors (Lipinski definition) is 0. The Bertz CT molecular complexity index is 792. The van der Waals surface area contributed by atoms with E-state index in [1.807, 2.05) is 0 Å². The Balaban J connectivity index is 2.14. The molecule has 2 aromatic rings. The Kier molecular flexibility index (Phi) is 5.84. The van der Waals surface area contributed by atoms with Gasteiger partial charge in [0.2, 0.25) is 5.24 Å². The molecule has 3 rings (SSSR count). The summed E-state index contributed by atoms with van der Waals surface area (Å²) in [5, 5.41) is -0.299. The Hall–Kier alpha value is -1.64. The van der Waals surface area contributed by atoms with Gasteiger partial charge in [0.1, 0.15) is 0 Å². The first kappa shape index (κ1) is 19.1. The third-order valence-corrected chi connectivity index (χ3v) is 5.33. The van der Waals surface area contributed by atoms with Crippen LogP contribution < -0.4 is 0 Å². The molecule has 0 atom stereocenters. The van der Waals surface area contributed by atoms with Crippen LogP contribution in [0.25, 0.3) is 11.1 Å². The second-order valence-electron chi connectivity index (χ2n) is 7.76. The Morgan fingerprint density at radius 1 is 1.00 bits per heavy atom. The van der Waals surface area contributed by atoms with Crippen molar-refractivity contribution in [3.05, 3.63) is 58.1 Å². The van der Waals surface area contributed by atoms with Gasteiger partial charge in [0.15, 0.2) is 0 Å². The molecule has 26 heavy (non-hydrogen) atoms. The van der Waals surface area contributed by atoms with Crippen LogP contribution in [0.15, 0.2) is 30.3 Å². The van der Waals surface area contributed by atoms with E-state index in [2.05, 4.69) is 58.0 Å². The molecule has 0 saturated heterocycles. The molecule has 2 aromatic carbocycles. The van der Waals surface area contributed by atoms with Gasteiger partial charge in [-0.1, -0.05) is 52.0 Å². The molecule has 0 radical (unpaired) electrons. The molecule has 0 saturated carbocycles. The van der Waals surface area contributed by atoms with Crippen LogP contribution in [0.5, 0.6) is 0 Å². The van der Waals surface area contributed by atoms with E-state index >= 15 is 0 Å². The smallest absolute Gasteiger partial charge is 0.226 e. The van der Waals surface area contributed by atoms with Crippen molar-refractivity contribution in [1.29, 1.82) is 0 Å². The highest BCUT2D eigenvalue weighted by Gasteiger charge is 2.19. The third-order valence-electron chi connectivity index (χ3n) is 5.19. The maximum absolute atomic E-state index is 11.6. The molecule has 138 valence electrons. The van der Waals surface area contributed by atoms with Gasteiger partial charge >= 0.3 is 0 Å². The number of carbonyl (C=O) groups excluding carboxylic acids is 1. The van der Waals surface area contributed by atoms with Gasteiger partial charge in [-0.05, 0) is 74.9 Å². The summed E-state index contributed by atoms with van der Waals surface area (Å²) >= 11 is 5.75. The average molecular weight is 371 g/mol. The lowest BCUT2D eigenvalue weighted by molar-refractivity contribution is -0.111. The van der Waals surface area contributed by atoms with E-state index in [-0.39, 0.29) is 5.24 Å². The molecule has 0 bridgehead atoms. The molecule has 3 heteroatoms. The van der Waals surface area contributed by atoms with Crippen molar-refractivity contribution in [2.45, 2.75) is 59.0 Å². The number of benzene rings is 2. The lowest BCUT2D eigenvalue weighted by atomic mass is 9.84. The fraction of sp³-hybridized carbons (Fsp3) is 0.435. The largest absolute Gasteiger partial charge is 0.376 e. The Labute approximate surface area is 161 Å². The monoisotopic (exact) mass is 370 g/mol. The maximum Gasteiger partial charge on any atom is 0.226 e. The lowest BCUT2D eigenvalue weighted by Crippen LogP contribution is -2.10. The first-order chi connectivity index (χ1) is 12.4. The number of halogens is 1. The van der Waals surface area contributed by atoms with E-state index in [0.29, 0.717) is 24.9 Å². The van der Waals surface area contributed by atoms with Gasteiger partial charge in [0.25, 0.3) is 0 Å². The average Bonchev–Trinajstić information content (AvgIpc) is 2.60. The van der Waals surface area contributed by atoms with Gasteiger partial charge in [0, 0.05) is 6.42 Å². The first-order valence-corrected chi connectivity index (χ1v) is 9.79. The van der Waals surface area contributed by atoms with Crippen molar-refractivity contribution in [2.24, 2.45) is 0 Å². The van der Waals surface area contributed by atoms with E-state index in [0.717, 1.165) is 18.6 Å². The SMILES string of the molecule is CC(C)c1cc(-c2ccc3c(c2)COCC3)cc(C(C)C)c1CC(=O)Cl. The molecule has 0 N–H and O–H groups in total. The second kappa shape index (κ2) is 7.94. The molecule has 1 heterocycles. The molecule has 1 aliphatic rings. The highest BCUT2D eigenvalue weighted by molar-refractivity contribution is 6.63. The van der Waals surface area contributed by atoms with E-state index in [4.69, 9.17) is 16.3 Å². The summed E-state index contributed by atoms with van der Waals surface area (Å²) in [5.74, 6) is 0.666. The van der Waals surface area contributed by atoms with Crippen LogP contribution in [-0.2, 0) is 29.0 Å². The van der Waals surface area contributed by atoms with Gasteiger partial charge in [-0.25, -0.2) is 0 Å². The number of fused-ring (bicyclic) bond motifs is 1. The summed E-state index contributed by atoms with van der Waals surface area (Å²) < 4.78 is 5.62. The van der Waals surface area contributed by atoms with Crippen LogP contribution in [0.1, 0.15) is 67.3 Å². The van der Waals surface area contributed by atoms with E-state index in [1.54, 1.807) is 0 Å². The predicted molar refractivity (Wildman–Crippen MR) is 108 cm³/mol. The molecular formula is C23H27ClO2. The van der Waals surface area contributed by atoms with E-state index in [1.165, 1.54) is 33.4 Å². The fourth-order valence-corrected chi connectivity index (χ4v) is 3.94.